The molecule has 0 aliphatic heterocycles. The Morgan fingerprint density at radius 1 is 1.09 bits per heavy atom. The Labute approximate surface area is 132 Å². The van der Waals surface area contributed by atoms with E-state index in [0.717, 1.165) is 12.8 Å². The van der Waals surface area contributed by atoms with E-state index in [2.05, 4.69) is 6.92 Å². The number of aryl methyl sites for hydroxylation is 1. The molecule has 0 saturated heterocycles. The Morgan fingerprint density at radius 3 is 2.36 bits per heavy atom. The van der Waals surface area contributed by atoms with Crippen LogP contribution >= 0.6 is 0 Å². The first kappa shape index (κ1) is 18.0. The number of benzene rings is 1. The molecule has 122 valence electrons. The van der Waals surface area contributed by atoms with Crippen molar-refractivity contribution in [3.8, 4) is 0 Å². The van der Waals surface area contributed by atoms with E-state index in [0.29, 0.717) is 25.1 Å². The monoisotopic (exact) mass is 307 g/mol. The molecule has 1 amide bonds. The van der Waals surface area contributed by atoms with Gasteiger partial charge in [0.05, 0.1) is 18.8 Å². The molecule has 0 aliphatic rings. The van der Waals surface area contributed by atoms with Gasteiger partial charge in [-0.15, -0.1) is 0 Å². The van der Waals surface area contributed by atoms with Crippen molar-refractivity contribution in [2.45, 2.75) is 33.1 Å². The average Bonchev–Trinajstić information content (AvgIpc) is 2.52. The van der Waals surface area contributed by atoms with Crippen LogP contribution in [0.5, 0.6) is 0 Å². The minimum Gasteiger partial charge on any atom is -0.462 e. The summed E-state index contributed by atoms with van der Waals surface area (Å²) >= 11 is 0. The highest BCUT2D eigenvalue weighted by Gasteiger charge is 2.10. The number of esters is 1. The summed E-state index contributed by atoms with van der Waals surface area (Å²) in [5.74, 6) is -0.332. The van der Waals surface area contributed by atoms with Crippen LogP contribution in [-0.2, 0) is 15.9 Å². The predicted octanol–water partition coefficient (Wildman–Crippen LogP) is 3.27. The topological polar surface area (TPSA) is 55.8 Å². The lowest BCUT2D eigenvalue weighted by Gasteiger charge is -2.16. The molecular weight excluding hydrogens is 282 g/mol. The fraction of sp³-hybridized carbons (Fsp3) is 0.529. The molecule has 0 saturated carbocycles. The van der Waals surface area contributed by atoms with E-state index in [1.807, 2.05) is 12.1 Å². The van der Waals surface area contributed by atoms with Crippen molar-refractivity contribution in [3.63, 3.8) is 0 Å². The molecule has 0 aromatic heterocycles. The second kappa shape index (κ2) is 9.82. The minimum atomic E-state index is -0.361. The molecular formula is C17H25NO4. The Kier molecular flexibility index (Phi) is 8.04. The summed E-state index contributed by atoms with van der Waals surface area (Å²) in [6.45, 7) is 5.00. The number of amides is 1. The van der Waals surface area contributed by atoms with Crippen molar-refractivity contribution in [2.75, 3.05) is 26.8 Å². The fourth-order valence-electron chi connectivity index (χ4n) is 1.97. The van der Waals surface area contributed by atoms with E-state index in [4.69, 9.17) is 9.47 Å². The molecule has 1 aromatic rings. The van der Waals surface area contributed by atoms with Gasteiger partial charge < -0.3 is 14.4 Å². The van der Waals surface area contributed by atoms with E-state index in [1.165, 1.54) is 10.5 Å². The first-order chi connectivity index (χ1) is 10.6. The molecule has 0 unspecified atom stereocenters. The summed E-state index contributed by atoms with van der Waals surface area (Å²) < 4.78 is 10.1. The smallest absolute Gasteiger partial charge is 0.409 e. The summed E-state index contributed by atoms with van der Waals surface area (Å²) in [5.41, 5.74) is 1.77. The van der Waals surface area contributed by atoms with Gasteiger partial charge >= 0.3 is 12.1 Å². The van der Waals surface area contributed by atoms with E-state index >= 15 is 0 Å². The number of carbonyl (C=O) groups is 2. The van der Waals surface area contributed by atoms with Crippen LogP contribution in [0.4, 0.5) is 4.79 Å². The maximum absolute atomic E-state index is 11.9. The van der Waals surface area contributed by atoms with Crippen LogP contribution in [0.3, 0.4) is 0 Å². The maximum atomic E-state index is 11.9. The van der Waals surface area contributed by atoms with Crippen LogP contribution in [0.15, 0.2) is 24.3 Å². The van der Waals surface area contributed by atoms with Crippen molar-refractivity contribution in [2.24, 2.45) is 0 Å². The Morgan fingerprint density at radius 2 is 1.77 bits per heavy atom. The summed E-state index contributed by atoms with van der Waals surface area (Å²) in [6, 6.07) is 7.49. The molecule has 5 heteroatoms. The van der Waals surface area contributed by atoms with Gasteiger partial charge in [-0.3, -0.25) is 0 Å². The van der Waals surface area contributed by atoms with Gasteiger partial charge in [0, 0.05) is 13.6 Å². The molecule has 22 heavy (non-hydrogen) atoms. The predicted molar refractivity (Wildman–Crippen MR) is 85.0 cm³/mol. The number of hydrogen-bond donors (Lipinski definition) is 0. The zero-order chi connectivity index (χ0) is 16.4. The molecule has 5 nitrogen and oxygen atoms in total. The third-order valence-electron chi connectivity index (χ3n) is 3.18. The Bertz CT molecular complexity index is 470. The highest BCUT2D eigenvalue weighted by molar-refractivity contribution is 5.89. The fourth-order valence-corrected chi connectivity index (χ4v) is 1.97. The van der Waals surface area contributed by atoms with Crippen LogP contribution in [0.2, 0.25) is 0 Å². The lowest BCUT2D eigenvalue weighted by molar-refractivity contribution is 0.0489. The molecule has 0 spiro atoms. The van der Waals surface area contributed by atoms with E-state index in [-0.39, 0.29) is 18.7 Å². The quantitative estimate of drug-likeness (QED) is 0.546. The van der Waals surface area contributed by atoms with Crippen molar-refractivity contribution >= 4 is 12.1 Å². The van der Waals surface area contributed by atoms with Gasteiger partial charge in [-0.2, -0.15) is 0 Å². The molecule has 0 aliphatic carbocycles. The summed E-state index contributed by atoms with van der Waals surface area (Å²) in [7, 11) is 1.66. The first-order valence-electron chi connectivity index (χ1n) is 7.72. The zero-order valence-electron chi connectivity index (χ0n) is 13.6. The second-order valence-corrected chi connectivity index (χ2v) is 5.06. The SMILES string of the molecule is CCCc1ccc(C(=O)OCCCN(C)C(=O)OCC)cc1. The normalized spacial score (nSPS) is 10.1. The standard InChI is InChI=1S/C17H25NO4/c1-4-7-14-8-10-15(11-9-14)16(19)22-13-6-12-18(3)17(20)21-5-2/h8-11H,4-7,12-13H2,1-3H3. The Hall–Kier alpha value is -2.04. The van der Waals surface area contributed by atoms with Gasteiger partial charge in [-0.05, 0) is 37.5 Å². The number of hydrogen-bond acceptors (Lipinski definition) is 4. The van der Waals surface area contributed by atoms with Crippen molar-refractivity contribution in [1.82, 2.24) is 4.90 Å². The molecule has 0 radical (unpaired) electrons. The average molecular weight is 307 g/mol. The van der Waals surface area contributed by atoms with Crippen molar-refractivity contribution < 1.29 is 19.1 Å². The van der Waals surface area contributed by atoms with E-state index in [9.17, 15) is 9.59 Å². The van der Waals surface area contributed by atoms with Gasteiger partial charge in [-0.25, -0.2) is 9.59 Å². The number of nitrogens with zero attached hydrogens (tertiary/aromatic N) is 1. The molecule has 0 atom stereocenters. The Balaban J connectivity index is 2.29. The lowest BCUT2D eigenvalue weighted by atomic mass is 10.1. The van der Waals surface area contributed by atoms with Gasteiger partial charge in [0.15, 0.2) is 0 Å². The van der Waals surface area contributed by atoms with Crippen LogP contribution in [0, 0.1) is 0 Å². The van der Waals surface area contributed by atoms with E-state index in [1.54, 1.807) is 26.1 Å². The number of rotatable bonds is 8. The molecule has 0 N–H and O–H groups in total. The number of ether oxygens (including phenoxy) is 2. The molecule has 1 rings (SSSR count). The number of carbonyl (C=O) groups excluding carboxylic acids is 2. The third-order valence-corrected chi connectivity index (χ3v) is 3.18. The molecule has 1 aromatic carbocycles. The first-order valence-corrected chi connectivity index (χ1v) is 7.72. The molecule has 0 fully saturated rings. The highest BCUT2D eigenvalue weighted by Crippen LogP contribution is 2.08. The summed E-state index contributed by atoms with van der Waals surface area (Å²) in [6.07, 6.45) is 2.31. The minimum absolute atomic E-state index is 0.277. The van der Waals surface area contributed by atoms with Gasteiger partial charge in [0.1, 0.15) is 0 Å². The van der Waals surface area contributed by atoms with Crippen LogP contribution in [0.25, 0.3) is 0 Å². The third kappa shape index (κ3) is 6.16. The van der Waals surface area contributed by atoms with Gasteiger partial charge in [0.25, 0.3) is 0 Å². The zero-order valence-corrected chi connectivity index (χ0v) is 13.6. The summed E-state index contributed by atoms with van der Waals surface area (Å²) in [4.78, 5) is 24.7. The van der Waals surface area contributed by atoms with Crippen molar-refractivity contribution in [1.29, 1.82) is 0 Å². The van der Waals surface area contributed by atoms with Crippen LogP contribution < -0.4 is 0 Å². The molecule has 0 bridgehead atoms. The second-order valence-electron chi connectivity index (χ2n) is 5.06. The largest absolute Gasteiger partial charge is 0.462 e. The van der Waals surface area contributed by atoms with Gasteiger partial charge in [-0.1, -0.05) is 25.5 Å². The van der Waals surface area contributed by atoms with E-state index < -0.39 is 0 Å². The maximum Gasteiger partial charge on any atom is 0.409 e. The van der Waals surface area contributed by atoms with Gasteiger partial charge in [0.2, 0.25) is 0 Å². The lowest BCUT2D eigenvalue weighted by Crippen LogP contribution is -2.29. The molecule has 0 heterocycles. The highest BCUT2D eigenvalue weighted by atomic mass is 16.6. The van der Waals surface area contributed by atoms with Crippen LogP contribution in [0.1, 0.15) is 42.6 Å². The van der Waals surface area contributed by atoms with Crippen molar-refractivity contribution in [3.05, 3.63) is 35.4 Å². The van der Waals surface area contributed by atoms with Crippen LogP contribution in [-0.4, -0.2) is 43.8 Å². The summed E-state index contributed by atoms with van der Waals surface area (Å²) in [5, 5.41) is 0.